The predicted molar refractivity (Wildman–Crippen MR) is 96.8 cm³/mol. The molecule has 0 bridgehead atoms. The van der Waals surface area contributed by atoms with E-state index >= 15 is 0 Å². The van der Waals surface area contributed by atoms with Crippen molar-refractivity contribution in [3.05, 3.63) is 64.8 Å². The Morgan fingerprint density at radius 3 is 2.32 bits per heavy atom. The molecule has 0 fully saturated rings. The summed E-state index contributed by atoms with van der Waals surface area (Å²) in [6.07, 6.45) is 1.26. The monoisotopic (exact) mass is 355 g/mol. The average molecular weight is 356 g/mol. The molecule has 0 spiro atoms. The Hall–Kier alpha value is -3.50. The van der Waals surface area contributed by atoms with E-state index < -0.39 is 11.8 Å². The van der Waals surface area contributed by atoms with Crippen molar-refractivity contribution in [2.45, 2.75) is 0 Å². The maximum Gasteiger partial charge on any atom is 0.267 e. The number of primary amides is 1. The fourth-order valence-corrected chi connectivity index (χ4v) is 2.02. The van der Waals surface area contributed by atoms with Gasteiger partial charge in [0.2, 0.25) is 5.91 Å². The summed E-state index contributed by atoms with van der Waals surface area (Å²) < 4.78 is 0. The lowest BCUT2D eigenvalue weighted by atomic mass is 10.2. The van der Waals surface area contributed by atoms with E-state index in [0.717, 1.165) is 0 Å². The molecule has 2 aromatic rings. The maximum absolute atomic E-state index is 12.1. The molecule has 0 aliphatic carbocycles. The second kappa shape index (κ2) is 7.86. The summed E-state index contributed by atoms with van der Waals surface area (Å²) in [5.74, 6) is -1.15. The SMILES string of the molecule is N#C/C(=C/Nc1ccc(C(N)=O)cc1)C(=O)Nc1ccc(N)c(Cl)c1. The first-order valence-corrected chi connectivity index (χ1v) is 7.41. The van der Waals surface area contributed by atoms with Crippen molar-refractivity contribution in [3.8, 4) is 6.07 Å². The van der Waals surface area contributed by atoms with Crippen LogP contribution in [0.25, 0.3) is 0 Å². The fourth-order valence-electron chi connectivity index (χ4n) is 1.84. The lowest BCUT2D eigenvalue weighted by Gasteiger charge is -2.07. The van der Waals surface area contributed by atoms with Crippen LogP contribution in [0.1, 0.15) is 10.4 Å². The van der Waals surface area contributed by atoms with Gasteiger partial charge in [-0.15, -0.1) is 0 Å². The topological polar surface area (TPSA) is 134 Å². The lowest BCUT2D eigenvalue weighted by molar-refractivity contribution is -0.112. The van der Waals surface area contributed by atoms with Gasteiger partial charge in [-0.3, -0.25) is 9.59 Å². The highest BCUT2D eigenvalue weighted by Gasteiger charge is 2.10. The molecule has 25 heavy (non-hydrogen) atoms. The third-order valence-corrected chi connectivity index (χ3v) is 3.50. The first kappa shape index (κ1) is 17.8. The van der Waals surface area contributed by atoms with Gasteiger partial charge in [0.15, 0.2) is 0 Å². The summed E-state index contributed by atoms with van der Waals surface area (Å²) in [6, 6.07) is 12.7. The minimum atomic E-state index is -0.607. The Labute approximate surface area is 148 Å². The second-order valence-electron chi connectivity index (χ2n) is 4.95. The quantitative estimate of drug-likeness (QED) is 0.371. The summed E-state index contributed by atoms with van der Waals surface area (Å²) in [7, 11) is 0. The van der Waals surface area contributed by atoms with Crippen LogP contribution in [0.15, 0.2) is 54.2 Å². The molecule has 0 heterocycles. The van der Waals surface area contributed by atoms with Gasteiger partial charge >= 0.3 is 0 Å². The number of nitrogens with zero attached hydrogens (tertiary/aromatic N) is 1. The molecule has 0 aliphatic heterocycles. The molecule has 0 saturated carbocycles. The number of carbonyl (C=O) groups is 2. The number of carbonyl (C=O) groups excluding carboxylic acids is 2. The fraction of sp³-hybridized carbons (Fsp3) is 0. The van der Waals surface area contributed by atoms with Crippen LogP contribution in [0.4, 0.5) is 17.1 Å². The van der Waals surface area contributed by atoms with Gasteiger partial charge in [0.1, 0.15) is 11.6 Å². The molecule has 0 unspecified atom stereocenters. The maximum atomic E-state index is 12.1. The third-order valence-electron chi connectivity index (χ3n) is 3.18. The molecule has 6 N–H and O–H groups in total. The zero-order chi connectivity index (χ0) is 18.4. The number of benzene rings is 2. The minimum absolute atomic E-state index is 0.146. The number of nitrogens with two attached hydrogens (primary N) is 2. The average Bonchev–Trinajstić information content (AvgIpc) is 2.59. The molecule has 0 radical (unpaired) electrons. The van der Waals surface area contributed by atoms with Gasteiger partial charge in [-0.25, -0.2) is 0 Å². The number of anilines is 3. The van der Waals surface area contributed by atoms with Crippen LogP contribution in [0.2, 0.25) is 5.02 Å². The van der Waals surface area contributed by atoms with Crippen molar-refractivity contribution >= 4 is 40.5 Å². The van der Waals surface area contributed by atoms with Gasteiger partial charge in [0.25, 0.3) is 5.91 Å². The first-order valence-electron chi connectivity index (χ1n) is 7.03. The number of hydrogen-bond acceptors (Lipinski definition) is 5. The normalized spacial score (nSPS) is 10.6. The van der Waals surface area contributed by atoms with Gasteiger partial charge in [0, 0.05) is 23.1 Å². The Kier molecular flexibility index (Phi) is 5.61. The van der Waals surface area contributed by atoms with E-state index in [0.29, 0.717) is 27.6 Å². The molecule has 2 aromatic carbocycles. The molecule has 0 aromatic heterocycles. The molecule has 126 valence electrons. The summed E-state index contributed by atoms with van der Waals surface area (Å²) in [5.41, 5.74) is 12.3. The van der Waals surface area contributed by atoms with E-state index in [1.54, 1.807) is 30.3 Å². The number of halogens is 1. The predicted octanol–water partition coefficient (Wildman–Crippen LogP) is 2.48. The zero-order valence-corrected chi connectivity index (χ0v) is 13.7. The van der Waals surface area contributed by atoms with Crippen LogP contribution in [0.5, 0.6) is 0 Å². The van der Waals surface area contributed by atoms with Gasteiger partial charge in [-0.1, -0.05) is 11.6 Å². The highest BCUT2D eigenvalue weighted by atomic mass is 35.5. The van der Waals surface area contributed by atoms with Crippen molar-refractivity contribution in [2.24, 2.45) is 5.73 Å². The largest absolute Gasteiger partial charge is 0.398 e. The Morgan fingerprint density at radius 2 is 1.76 bits per heavy atom. The first-order chi connectivity index (χ1) is 11.9. The van der Waals surface area contributed by atoms with E-state index in [1.165, 1.54) is 24.4 Å². The Bertz CT molecular complexity index is 885. The van der Waals surface area contributed by atoms with Crippen LogP contribution in [0, 0.1) is 11.3 Å². The molecular formula is C17H14ClN5O2. The van der Waals surface area contributed by atoms with E-state index in [2.05, 4.69) is 10.6 Å². The summed E-state index contributed by atoms with van der Waals surface area (Å²) in [5, 5.41) is 14.8. The van der Waals surface area contributed by atoms with Crippen LogP contribution in [-0.4, -0.2) is 11.8 Å². The highest BCUT2D eigenvalue weighted by Crippen LogP contribution is 2.22. The molecule has 0 saturated heterocycles. The number of rotatable bonds is 5. The molecular weight excluding hydrogens is 342 g/mol. The van der Waals surface area contributed by atoms with E-state index in [1.807, 2.05) is 0 Å². The Balaban J connectivity index is 2.08. The number of amides is 2. The van der Waals surface area contributed by atoms with Gasteiger partial charge in [-0.05, 0) is 42.5 Å². The van der Waals surface area contributed by atoms with Crippen molar-refractivity contribution in [2.75, 3.05) is 16.4 Å². The van der Waals surface area contributed by atoms with E-state index in [4.69, 9.17) is 28.3 Å². The smallest absolute Gasteiger partial charge is 0.267 e. The van der Waals surface area contributed by atoms with Crippen LogP contribution in [0.3, 0.4) is 0 Å². The highest BCUT2D eigenvalue weighted by molar-refractivity contribution is 6.33. The molecule has 0 aliphatic rings. The number of nitriles is 1. The second-order valence-corrected chi connectivity index (χ2v) is 5.35. The van der Waals surface area contributed by atoms with Gasteiger partial charge < -0.3 is 22.1 Å². The lowest BCUT2D eigenvalue weighted by Crippen LogP contribution is -2.14. The summed E-state index contributed by atoms with van der Waals surface area (Å²) in [4.78, 5) is 23.1. The minimum Gasteiger partial charge on any atom is -0.398 e. The van der Waals surface area contributed by atoms with Crippen molar-refractivity contribution in [1.29, 1.82) is 5.26 Å². The number of nitrogen functional groups attached to an aromatic ring is 1. The van der Waals surface area contributed by atoms with Crippen molar-refractivity contribution in [1.82, 2.24) is 0 Å². The van der Waals surface area contributed by atoms with Crippen LogP contribution in [-0.2, 0) is 4.79 Å². The molecule has 7 nitrogen and oxygen atoms in total. The van der Waals surface area contributed by atoms with Crippen LogP contribution >= 0.6 is 11.6 Å². The Morgan fingerprint density at radius 1 is 1.12 bits per heavy atom. The molecule has 2 amide bonds. The number of hydrogen-bond donors (Lipinski definition) is 4. The molecule has 0 atom stereocenters. The van der Waals surface area contributed by atoms with E-state index in [-0.39, 0.29) is 5.57 Å². The van der Waals surface area contributed by atoms with Crippen molar-refractivity contribution in [3.63, 3.8) is 0 Å². The third kappa shape index (κ3) is 4.73. The van der Waals surface area contributed by atoms with E-state index in [9.17, 15) is 9.59 Å². The molecule has 8 heteroatoms. The van der Waals surface area contributed by atoms with Crippen molar-refractivity contribution < 1.29 is 9.59 Å². The zero-order valence-electron chi connectivity index (χ0n) is 12.9. The standard InChI is InChI=1S/C17H14ClN5O2/c18-14-7-13(5-6-15(14)20)23-17(25)11(8-19)9-22-12-3-1-10(2-4-12)16(21)24/h1-7,9,22H,20H2,(H2,21,24)(H,23,25)/b11-9-. The van der Waals surface area contributed by atoms with Gasteiger partial charge in [-0.2, -0.15) is 5.26 Å². The molecule has 2 rings (SSSR count). The van der Waals surface area contributed by atoms with Gasteiger partial charge in [0.05, 0.1) is 10.7 Å². The summed E-state index contributed by atoms with van der Waals surface area (Å²) >= 11 is 5.89. The van der Waals surface area contributed by atoms with Crippen LogP contribution < -0.4 is 22.1 Å². The summed E-state index contributed by atoms with van der Waals surface area (Å²) in [6.45, 7) is 0. The number of nitrogens with one attached hydrogen (secondary N) is 2.